The monoisotopic (exact) mass is 439 g/mol. The topological polar surface area (TPSA) is 82.4 Å². The van der Waals surface area contributed by atoms with Crippen molar-refractivity contribution in [2.24, 2.45) is 5.92 Å². The van der Waals surface area contributed by atoms with Gasteiger partial charge in [-0.25, -0.2) is 4.79 Å². The van der Waals surface area contributed by atoms with Crippen LogP contribution in [0.2, 0.25) is 0 Å². The molecule has 1 fully saturated rings. The maximum Gasteiger partial charge on any atom is 0.438 e. The molecular weight excluding hydrogens is 415 g/mol. The van der Waals surface area contributed by atoms with Gasteiger partial charge in [-0.15, -0.1) is 4.68 Å². The quantitative estimate of drug-likeness (QED) is 0.749. The fraction of sp³-hybridized carbons (Fsp3) is 0.476. The zero-order valence-corrected chi connectivity index (χ0v) is 17.6. The van der Waals surface area contributed by atoms with Gasteiger partial charge in [0.1, 0.15) is 16.9 Å². The first kappa shape index (κ1) is 22.6. The molecule has 1 saturated carbocycles. The number of alkyl halides is 3. The summed E-state index contributed by atoms with van der Waals surface area (Å²) in [7, 11) is 1.56. The van der Waals surface area contributed by atoms with Crippen LogP contribution in [0.1, 0.15) is 44.2 Å². The van der Waals surface area contributed by atoms with Gasteiger partial charge < -0.3 is 14.8 Å². The van der Waals surface area contributed by atoms with Crippen LogP contribution in [0.4, 0.5) is 23.7 Å². The van der Waals surface area contributed by atoms with Crippen molar-refractivity contribution < 1.29 is 27.4 Å². The normalized spacial score (nSPS) is 18.4. The standard InChI is InChI=1S/C21H24F3N3O4/c1-20(2,3)31-19(29)27-18(28)17(21(22,23)24)15(11-26-27)25-10-12-9-14(12)13-7-5-6-8-16(13)30-4/h5-8,11-12,14,25H,9-10H2,1-4H3/t12-,14+/m0/s1. The van der Waals surface area contributed by atoms with Crippen LogP contribution in [0.15, 0.2) is 35.3 Å². The van der Waals surface area contributed by atoms with Crippen LogP contribution in [0, 0.1) is 5.92 Å². The molecule has 0 saturated heterocycles. The van der Waals surface area contributed by atoms with E-state index in [1.165, 1.54) is 20.8 Å². The summed E-state index contributed by atoms with van der Waals surface area (Å²) in [6.45, 7) is 4.81. The summed E-state index contributed by atoms with van der Waals surface area (Å²) < 4.78 is 51.3. The molecule has 0 bridgehead atoms. The van der Waals surface area contributed by atoms with Gasteiger partial charge in [0.05, 0.1) is 19.0 Å². The van der Waals surface area contributed by atoms with E-state index in [0.29, 0.717) is 0 Å². The molecule has 0 aliphatic heterocycles. The minimum atomic E-state index is -4.97. The first-order valence-corrected chi connectivity index (χ1v) is 9.72. The van der Waals surface area contributed by atoms with Gasteiger partial charge in [-0.3, -0.25) is 4.79 Å². The lowest BCUT2D eigenvalue weighted by atomic mass is 10.1. The van der Waals surface area contributed by atoms with Crippen LogP contribution in [-0.2, 0) is 10.9 Å². The van der Waals surface area contributed by atoms with E-state index in [0.717, 1.165) is 23.9 Å². The summed E-state index contributed by atoms with van der Waals surface area (Å²) in [5, 5.41) is 6.27. The summed E-state index contributed by atoms with van der Waals surface area (Å²) >= 11 is 0. The average molecular weight is 439 g/mol. The Morgan fingerprint density at radius 2 is 1.94 bits per heavy atom. The highest BCUT2D eigenvalue weighted by Crippen LogP contribution is 2.50. The molecule has 2 atom stereocenters. The van der Waals surface area contributed by atoms with E-state index < -0.39 is 34.7 Å². The summed E-state index contributed by atoms with van der Waals surface area (Å²) in [6.07, 6.45) is -4.64. The average Bonchev–Trinajstić information content (AvgIpc) is 3.43. The summed E-state index contributed by atoms with van der Waals surface area (Å²) in [5.74, 6) is 0.950. The van der Waals surface area contributed by atoms with Crippen molar-refractivity contribution in [3.8, 4) is 5.75 Å². The molecular formula is C21H24F3N3O4. The number of aromatic nitrogens is 2. The number of anilines is 1. The van der Waals surface area contributed by atoms with Gasteiger partial charge in [-0.2, -0.15) is 18.3 Å². The number of hydrogen-bond donors (Lipinski definition) is 1. The largest absolute Gasteiger partial charge is 0.496 e. The van der Waals surface area contributed by atoms with Crippen LogP contribution in [-0.4, -0.2) is 35.1 Å². The lowest BCUT2D eigenvalue weighted by Gasteiger charge is -2.20. The van der Waals surface area contributed by atoms with Crippen molar-refractivity contribution in [3.05, 3.63) is 51.9 Å². The SMILES string of the molecule is COc1ccccc1[C@@H]1C[C@H]1CNc1cnn(C(=O)OC(C)(C)C)c(=O)c1C(F)(F)F. The fourth-order valence-corrected chi connectivity index (χ4v) is 3.36. The number of benzene rings is 1. The number of halogens is 3. The van der Waals surface area contributed by atoms with E-state index in [4.69, 9.17) is 9.47 Å². The molecule has 10 heteroatoms. The number of para-hydroxylation sites is 1. The number of methoxy groups -OCH3 is 1. The molecule has 1 aliphatic carbocycles. The van der Waals surface area contributed by atoms with Crippen molar-refractivity contribution >= 4 is 11.8 Å². The smallest absolute Gasteiger partial charge is 0.438 e. The van der Waals surface area contributed by atoms with E-state index in [1.807, 2.05) is 24.3 Å². The van der Waals surface area contributed by atoms with Gasteiger partial charge in [-0.05, 0) is 50.7 Å². The molecule has 2 aromatic rings. The molecule has 1 aliphatic rings. The third-order valence-electron chi connectivity index (χ3n) is 4.84. The van der Waals surface area contributed by atoms with Crippen molar-refractivity contribution in [2.75, 3.05) is 19.0 Å². The number of ether oxygens (including phenoxy) is 2. The van der Waals surface area contributed by atoms with Crippen molar-refractivity contribution in [2.45, 2.75) is 44.9 Å². The zero-order valence-electron chi connectivity index (χ0n) is 17.6. The summed E-state index contributed by atoms with van der Waals surface area (Å²) in [5.41, 5.74) is -3.53. The third kappa shape index (κ3) is 5.18. The molecule has 1 aromatic heterocycles. The number of hydrogen-bond acceptors (Lipinski definition) is 6. The number of nitrogens with zero attached hydrogens (tertiary/aromatic N) is 2. The van der Waals surface area contributed by atoms with Crippen LogP contribution in [0.5, 0.6) is 5.75 Å². The first-order chi connectivity index (χ1) is 14.4. The maximum absolute atomic E-state index is 13.6. The van der Waals surface area contributed by atoms with Gasteiger partial charge in [0.2, 0.25) is 0 Å². The van der Waals surface area contributed by atoms with Gasteiger partial charge in [-0.1, -0.05) is 18.2 Å². The number of nitrogens with one attached hydrogen (secondary N) is 1. The highest BCUT2D eigenvalue weighted by atomic mass is 19.4. The second-order valence-corrected chi connectivity index (χ2v) is 8.35. The van der Waals surface area contributed by atoms with Crippen LogP contribution in [0.25, 0.3) is 0 Å². The van der Waals surface area contributed by atoms with E-state index in [9.17, 15) is 22.8 Å². The molecule has 1 heterocycles. The van der Waals surface area contributed by atoms with E-state index in [-0.39, 0.29) is 23.1 Å². The Balaban J connectivity index is 1.80. The van der Waals surface area contributed by atoms with Crippen molar-refractivity contribution in [1.82, 2.24) is 9.78 Å². The molecule has 0 unspecified atom stereocenters. The van der Waals surface area contributed by atoms with Gasteiger partial charge >= 0.3 is 12.3 Å². The highest BCUT2D eigenvalue weighted by Gasteiger charge is 2.42. The van der Waals surface area contributed by atoms with Crippen molar-refractivity contribution in [1.29, 1.82) is 0 Å². The Bertz CT molecular complexity index is 1030. The molecule has 0 amide bonds. The summed E-state index contributed by atoms with van der Waals surface area (Å²) in [4.78, 5) is 24.5. The Hall–Kier alpha value is -3.04. The van der Waals surface area contributed by atoms with E-state index >= 15 is 0 Å². The van der Waals surface area contributed by atoms with Gasteiger partial charge in [0, 0.05) is 6.54 Å². The number of carbonyl (C=O) groups excluding carboxylic acids is 1. The van der Waals surface area contributed by atoms with Crippen LogP contribution >= 0.6 is 0 Å². The lowest BCUT2D eigenvalue weighted by Crippen LogP contribution is -2.39. The lowest BCUT2D eigenvalue weighted by molar-refractivity contribution is -0.138. The molecule has 1 aromatic carbocycles. The Labute approximate surface area is 177 Å². The van der Waals surface area contributed by atoms with Crippen molar-refractivity contribution in [3.63, 3.8) is 0 Å². The van der Waals surface area contributed by atoms with Crippen LogP contribution in [0.3, 0.4) is 0 Å². The zero-order chi connectivity index (χ0) is 23.0. The maximum atomic E-state index is 13.6. The minimum Gasteiger partial charge on any atom is -0.496 e. The Morgan fingerprint density at radius 1 is 1.26 bits per heavy atom. The fourth-order valence-electron chi connectivity index (χ4n) is 3.36. The van der Waals surface area contributed by atoms with Gasteiger partial charge in [0.15, 0.2) is 0 Å². The Kier molecular flexibility index (Phi) is 6.02. The van der Waals surface area contributed by atoms with E-state index in [1.54, 1.807) is 7.11 Å². The minimum absolute atomic E-state index is 0.0747. The Morgan fingerprint density at radius 3 is 2.55 bits per heavy atom. The molecule has 1 N–H and O–H groups in total. The number of rotatable bonds is 5. The molecule has 0 spiro atoms. The van der Waals surface area contributed by atoms with Crippen LogP contribution < -0.4 is 15.6 Å². The number of carbonyl (C=O) groups is 1. The third-order valence-corrected chi connectivity index (χ3v) is 4.84. The second-order valence-electron chi connectivity index (χ2n) is 8.35. The van der Waals surface area contributed by atoms with Gasteiger partial charge in [0.25, 0.3) is 5.56 Å². The summed E-state index contributed by atoms with van der Waals surface area (Å²) in [6, 6.07) is 7.48. The van der Waals surface area contributed by atoms with E-state index in [2.05, 4.69) is 10.4 Å². The second kappa shape index (κ2) is 8.24. The highest BCUT2D eigenvalue weighted by molar-refractivity contribution is 5.70. The molecule has 3 rings (SSSR count). The molecule has 0 radical (unpaired) electrons. The first-order valence-electron chi connectivity index (χ1n) is 9.72. The molecule has 31 heavy (non-hydrogen) atoms. The molecule has 7 nitrogen and oxygen atoms in total. The predicted molar refractivity (Wildman–Crippen MR) is 107 cm³/mol. The molecule has 168 valence electrons. The predicted octanol–water partition coefficient (Wildman–Crippen LogP) is 4.27.